The summed E-state index contributed by atoms with van der Waals surface area (Å²) >= 11 is 0. The van der Waals surface area contributed by atoms with E-state index in [4.69, 9.17) is 4.74 Å². The van der Waals surface area contributed by atoms with Gasteiger partial charge >= 0.3 is 0 Å². The summed E-state index contributed by atoms with van der Waals surface area (Å²) in [5, 5.41) is 15.6. The van der Waals surface area contributed by atoms with Crippen molar-refractivity contribution in [1.82, 2.24) is 15.6 Å². The van der Waals surface area contributed by atoms with Crippen molar-refractivity contribution >= 4 is 11.8 Å². The Hall–Kier alpha value is -1.99. The number of amides is 2. The number of rotatable bonds is 7. The number of hydrogen-bond acceptors (Lipinski definition) is 5. The van der Waals surface area contributed by atoms with Gasteiger partial charge in [-0.25, -0.2) is 0 Å². The normalized spacial score (nSPS) is 25.9. The van der Waals surface area contributed by atoms with Gasteiger partial charge in [-0.05, 0) is 44.2 Å². The van der Waals surface area contributed by atoms with Crippen LogP contribution in [0.3, 0.4) is 0 Å². The molecule has 0 radical (unpaired) electrons. The first-order valence-electron chi connectivity index (χ1n) is 9.92. The Kier molecular flexibility index (Phi) is 7.18. The van der Waals surface area contributed by atoms with Gasteiger partial charge in [-0.2, -0.15) is 0 Å². The fourth-order valence-electron chi connectivity index (χ4n) is 3.95. The van der Waals surface area contributed by atoms with Crippen molar-refractivity contribution in [3.63, 3.8) is 0 Å². The van der Waals surface area contributed by atoms with Crippen LogP contribution in [0.15, 0.2) is 24.5 Å². The molecule has 0 aromatic carbocycles. The highest BCUT2D eigenvalue weighted by Gasteiger charge is 2.32. The van der Waals surface area contributed by atoms with Gasteiger partial charge in [0.1, 0.15) is 6.10 Å². The Morgan fingerprint density at radius 2 is 1.89 bits per heavy atom. The molecule has 148 valence electrons. The van der Waals surface area contributed by atoms with Gasteiger partial charge in [0.15, 0.2) is 0 Å². The average molecular weight is 375 g/mol. The molecule has 0 spiro atoms. The first-order valence-corrected chi connectivity index (χ1v) is 9.92. The monoisotopic (exact) mass is 375 g/mol. The molecule has 3 atom stereocenters. The minimum atomic E-state index is -0.430. The highest BCUT2D eigenvalue weighted by Crippen LogP contribution is 2.25. The third-order valence-corrected chi connectivity index (χ3v) is 5.55. The number of pyridine rings is 1. The molecule has 2 aliphatic rings. The lowest BCUT2D eigenvalue weighted by atomic mass is 9.96. The molecule has 0 unspecified atom stereocenters. The molecule has 2 amide bonds. The molecule has 2 fully saturated rings. The summed E-state index contributed by atoms with van der Waals surface area (Å²) in [6.45, 7) is 0.443. The standard InChI is InChI=1S/C20H29N3O4/c24-13-18-17(23-20(26)15-7-10-21-11-8-15)6-5-16(27-18)9-12-22-19(25)14-3-1-2-4-14/h7-8,10-11,14,16-18,24H,1-6,9,12-13H2,(H,22,25)(H,23,26)/t16-,17-,18-/m1/s1. The summed E-state index contributed by atoms with van der Waals surface area (Å²) in [7, 11) is 0. The highest BCUT2D eigenvalue weighted by molar-refractivity contribution is 5.94. The number of hydrogen-bond donors (Lipinski definition) is 3. The maximum Gasteiger partial charge on any atom is 0.251 e. The van der Waals surface area contributed by atoms with Crippen LogP contribution >= 0.6 is 0 Å². The summed E-state index contributed by atoms with van der Waals surface area (Å²) in [5.74, 6) is 0.145. The van der Waals surface area contributed by atoms with Gasteiger partial charge in [0.25, 0.3) is 5.91 Å². The lowest BCUT2D eigenvalue weighted by molar-refractivity contribution is -0.125. The number of carbonyl (C=O) groups excluding carboxylic acids is 2. The zero-order chi connectivity index (χ0) is 19.1. The Morgan fingerprint density at radius 3 is 2.59 bits per heavy atom. The first-order chi connectivity index (χ1) is 13.2. The van der Waals surface area contributed by atoms with E-state index >= 15 is 0 Å². The van der Waals surface area contributed by atoms with Crippen molar-refractivity contribution in [2.45, 2.75) is 63.2 Å². The van der Waals surface area contributed by atoms with Crippen molar-refractivity contribution in [3.8, 4) is 0 Å². The zero-order valence-electron chi connectivity index (χ0n) is 15.6. The number of nitrogens with one attached hydrogen (secondary N) is 2. The lowest BCUT2D eigenvalue weighted by Gasteiger charge is -2.36. The zero-order valence-corrected chi connectivity index (χ0v) is 15.6. The Balaban J connectivity index is 1.42. The molecule has 1 saturated heterocycles. The molecular weight excluding hydrogens is 346 g/mol. The van der Waals surface area contributed by atoms with E-state index in [1.54, 1.807) is 24.5 Å². The van der Waals surface area contributed by atoms with E-state index in [9.17, 15) is 14.7 Å². The molecule has 7 nitrogen and oxygen atoms in total. The maximum atomic E-state index is 12.3. The van der Waals surface area contributed by atoms with E-state index in [1.165, 1.54) is 0 Å². The van der Waals surface area contributed by atoms with Crippen molar-refractivity contribution in [2.24, 2.45) is 5.92 Å². The minimum absolute atomic E-state index is 0.0138. The summed E-state index contributed by atoms with van der Waals surface area (Å²) in [4.78, 5) is 28.3. The van der Waals surface area contributed by atoms with E-state index in [-0.39, 0.29) is 36.5 Å². The average Bonchev–Trinajstić information content (AvgIpc) is 3.24. The number of aliphatic hydroxyl groups is 1. The number of aromatic nitrogens is 1. The summed E-state index contributed by atoms with van der Waals surface area (Å²) in [6, 6.07) is 3.09. The molecule has 7 heteroatoms. The number of ether oxygens (including phenoxy) is 1. The smallest absolute Gasteiger partial charge is 0.251 e. The summed E-state index contributed by atoms with van der Waals surface area (Å²) in [6.07, 6.45) is 9.25. The van der Waals surface area contributed by atoms with Crippen LogP contribution in [0.25, 0.3) is 0 Å². The van der Waals surface area contributed by atoms with E-state index in [0.717, 1.165) is 44.9 Å². The van der Waals surface area contributed by atoms with E-state index in [1.807, 2.05) is 0 Å². The fourth-order valence-corrected chi connectivity index (χ4v) is 3.95. The van der Waals surface area contributed by atoms with Crippen LogP contribution in [0.5, 0.6) is 0 Å². The van der Waals surface area contributed by atoms with Crippen LogP contribution in [-0.4, -0.2) is 53.3 Å². The second-order valence-corrected chi connectivity index (χ2v) is 7.43. The molecule has 1 aliphatic heterocycles. The molecular formula is C20H29N3O4. The molecule has 2 heterocycles. The van der Waals surface area contributed by atoms with Crippen LogP contribution < -0.4 is 10.6 Å². The van der Waals surface area contributed by atoms with Crippen molar-refractivity contribution in [1.29, 1.82) is 0 Å². The van der Waals surface area contributed by atoms with Crippen LogP contribution in [0.2, 0.25) is 0 Å². The minimum Gasteiger partial charge on any atom is -0.394 e. The van der Waals surface area contributed by atoms with Gasteiger partial charge in [-0.3, -0.25) is 14.6 Å². The molecule has 1 aromatic heterocycles. The highest BCUT2D eigenvalue weighted by atomic mass is 16.5. The molecule has 1 aromatic rings. The summed E-state index contributed by atoms with van der Waals surface area (Å²) in [5.41, 5.74) is 0.540. The second kappa shape index (κ2) is 9.80. The van der Waals surface area contributed by atoms with E-state index < -0.39 is 6.10 Å². The Morgan fingerprint density at radius 1 is 1.15 bits per heavy atom. The van der Waals surface area contributed by atoms with E-state index in [0.29, 0.717) is 12.1 Å². The van der Waals surface area contributed by atoms with Crippen LogP contribution in [-0.2, 0) is 9.53 Å². The predicted octanol–water partition coefficient (Wildman–Crippen LogP) is 1.42. The van der Waals surface area contributed by atoms with Gasteiger partial charge in [-0.1, -0.05) is 12.8 Å². The van der Waals surface area contributed by atoms with Crippen molar-refractivity contribution in [3.05, 3.63) is 30.1 Å². The fraction of sp³-hybridized carbons (Fsp3) is 0.650. The third-order valence-electron chi connectivity index (χ3n) is 5.55. The van der Waals surface area contributed by atoms with Crippen molar-refractivity contribution in [2.75, 3.05) is 13.2 Å². The number of carbonyl (C=O) groups is 2. The largest absolute Gasteiger partial charge is 0.394 e. The molecule has 27 heavy (non-hydrogen) atoms. The van der Waals surface area contributed by atoms with Crippen LogP contribution in [0, 0.1) is 5.92 Å². The van der Waals surface area contributed by atoms with Crippen LogP contribution in [0.1, 0.15) is 55.3 Å². The molecule has 3 rings (SSSR count). The van der Waals surface area contributed by atoms with Gasteiger partial charge in [0, 0.05) is 30.4 Å². The number of aliphatic hydroxyl groups excluding tert-OH is 1. The SMILES string of the molecule is O=C(N[C@@H]1CC[C@H](CCNC(=O)C2CCCC2)O[C@@H]1CO)c1ccncc1. The number of nitrogens with zero attached hydrogens (tertiary/aromatic N) is 1. The Labute approximate surface area is 159 Å². The van der Waals surface area contributed by atoms with Gasteiger partial charge in [0.2, 0.25) is 5.91 Å². The Bertz CT molecular complexity index is 619. The predicted molar refractivity (Wildman–Crippen MR) is 100 cm³/mol. The van der Waals surface area contributed by atoms with Crippen LogP contribution in [0.4, 0.5) is 0 Å². The maximum absolute atomic E-state index is 12.3. The molecule has 1 saturated carbocycles. The quantitative estimate of drug-likeness (QED) is 0.669. The van der Waals surface area contributed by atoms with Crippen molar-refractivity contribution < 1.29 is 19.4 Å². The lowest BCUT2D eigenvalue weighted by Crippen LogP contribution is -2.51. The molecule has 1 aliphatic carbocycles. The summed E-state index contributed by atoms with van der Waals surface area (Å²) < 4.78 is 5.96. The van der Waals surface area contributed by atoms with Gasteiger partial charge in [-0.15, -0.1) is 0 Å². The topological polar surface area (TPSA) is 101 Å². The first kappa shape index (κ1) is 19.8. The van der Waals surface area contributed by atoms with Gasteiger partial charge < -0.3 is 20.5 Å². The second-order valence-electron chi connectivity index (χ2n) is 7.43. The molecule has 0 bridgehead atoms. The van der Waals surface area contributed by atoms with E-state index in [2.05, 4.69) is 15.6 Å². The third kappa shape index (κ3) is 5.49. The molecule has 3 N–H and O–H groups in total. The van der Waals surface area contributed by atoms with Gasteiger partial charge in [0.05, 0.1) is 18.8 Å².